The molecule has 0 radical (unpaired) electrons. The Morgan fingerprint density at radius 1 is 1.20 bits per heavy atom. The molecule has 1 aliphatic heterocycles. The van der Waals surface area contributed by atoms with Crippen molar-refractivity contribution in [2.45, 2.75) is 24.9 Å². The average Bonchev–Trinajstić information content (AvgIpc) is 2.48. The minimum absolute atomic E-state index is 0.591. The molecule has 3 nitrogen and oxygen atoms in total. The van der Waals surface area contributed by atoms with Gasteiger partial charge >= 0.3 is 0 Å². The zero-order valence-corrected chi connectivity index (χ0v) is 10.2. The molecule has 0 spiro atoms. The van der Waals surface area contributed by atoms with E-state index in [1.807, 2.05) is 6.08 Å². The SMILES string of the molecule is C=CC[N+]1(C)[C@H](COC)CC[C@H]1COC. The minimum atomic E-state index is 0.591. The van der Waals surface area contributed by atoms with E-state index in [0.29, 0.717) is 12.1 Å². The summed E-state index contributed by atoms with van der Waals surface area (Å²) >= 11 is 0. The van der Waals surface area contributed by atoms with Gasteiger partial charge < -0.3 is 14.0 Å². The highest BCUT2D eigenvalue weighted by molar-refractivity contribution is 4.79. The summed E-state index contributed by atoms with van der Waals surface area (Å²) in [6.45, 7) is 6.54. The van der Waals surface area contributed by atoms with Gasteiger partial charge in [-0.3, -0.25) is 0 Å². The number of likely N-dealkylation sites (N-methyl/N-ethyl adjacent to an activating group) is 1. The van der Waals surface area contributed by atoms with Crippen molar-refractivity contribution in [1.82, 2.24) is 0 Å². The van der Waals surface area contributed by atoms with Crippen molar-refractivity contribution in [1.29, 1.82) is 0 Å². The van der Waals surface area contributed by atoms with E-state index >= 15 is 0 Å². The van der Waals surface area contributed by atoms with E-state index in [1.165, 1.54) is 12.8 Å². The molecule has 2 atom stereocenters. The fourth-order valence-electron chi connectivity index (χ4n) is 2.74. The summed E-state index contributed by atoms with van der Waals surface area (Å²) in [5.74, 6) is 0. The maximum atomic E-state index is 5.30. The van der Waals surface area contributed by atoms with Crippen molar-refractivity contribution >= 4 is 0 Å². The van der Waals surface area contributed by atoms with Gasteiger partial charge in [0.05, 0.1) is 26.8 Å². The third-order valence-electron chi connectivity index (χ3n) is 3.74. The Morgan fingerprint density at radius 3 is 2.00 bits per heavy atom. The molecule has 1 aliphatic rings. The molecule has 1 fully saturated rings. The predicted molar refractivity (Wildman–Crippen MR) is 61.8 cm³/mol. The fraction of sp³-hybridized carbons (Fsp3) is 0.833. The first-order valence-electron chi connectivity index (χ1n) is 5.62. The van der Waals surface area contributed by atoms with Crippen molar-refractivity contribution in [3.05, 3.63) is 12.7 Å². The van der Waals surface area contributed by atoms with Gasteiger partial charge in [-0.05, 0) is 6.08 Å². The number of methoxy groups -OCH3 is 2. The summed E-state index contributed by atoms with van der Waals surface area (Å²) in [6, 6.07) is 1.18. The van der Waals surface area contributed by atoms with Crippen LogP contribution in [0.4, 0.5) is 0 Å². The van der Waals surface area contributed by atoms with Crippen LogP contribution in [0.2, 0.25) is 0 Å². The van der Waals surface area contributed by atoms with Crippen LogP contribution in [-0.4, -0.2) is 57.6 Å². The first-order valence-corrected chi connectivity index (χ1v) is 5.62. The Balaban J connectivity index is 2.71. The normalized spacial score (nSPS) is 29.3. The Morgan fingerprint density at radius 2 is 1.67 bits per heavy atom. The second-order valence-corrected chi connectivity index (χ2v) is 4.61. The molecule has 0 amide bonds. The van der Waals surface area contributed by atoms with E-state index in [-0.39, 0.29) is 0 Å². The van der Waals surface area contributed by atoms with Crippen molar-refractivity contribution < 1.29 is 14.0 Å². The van der Waals surface area contributed by atoms with Gasteiger partial charge in [-0.15, -0.1) is 0 Å². The molecule has 0 saturated carbocycles. The molecule has 0 N–H and O–H groups in total. The second-order valence-electron chi connectivity index (χ2n) is 4.61. The Bertz CT molecular complexity index is 192. The van der Waals surface area contributed by atoms with Crippen molar-refractivity contribution in [3.8, 4) is 0 Å². The van der Waals surface area contributed by atoms with Gasteiger partial charge in [0.15, 0.2) is 0 Å². The zero-order chi connectivity index (χ0) is 11.3. The van der Waals surface area contributed by atoms with Gasteiger partial charge in [0, 0.05) is 27.1 Å². The Hall–Kier alpha value is -0.380. The number of hydrogen-bond acceptors (Lipinski definition) is 2. The van der Waals surface area contributed by atoms with Crippen LogP contribution in [0.15, 0.2) is 12.7 Å². The lowest BCUT2D eigenvalue weighted by molar-refractivity contribution is -0.938. The van der Waals surface area contributed by atoms with Crippen LogP contribution in [0.25, 0.3) is 0 Å². The highest BCUT2D eigenvalue weighted by Crippen LogP contribution is 2.31. The maximum absolute atomic E-state index is 5.30. The molecular formula is C12H24NO2+. The topological polar surface area (TPSA) is 18.5 Å². The Labute approximate surface area is 93.3 Å². The van der Waals surface area contributed by atoms with Crippen LogP contribution < -0.4 is 0 Å². The average molecular weight is 214 g/mol. The number of rotatable bonds is 6. The van der Waals surface area contributed by atoms with Crippen LogP contribution >= 0.6 is 0 Å². The molecule has 0 aliphatic carbocycles. The summed E-state index contributed by atoms with van der Waals surface area (Å²) < 4.78 is 11.6. The summed E-state index contributed by atoms with van der Waals surface area (Å²) in [5, 5.41) is 0. The minimum Gasteiger partial charge on any atom is -0.379 e. The lowest BCUT2D eigenvalue weighted by atomic mass is 10.2. The highest BCUT2D eigenvalue weighted by Gasteiger charge is 2.45. The lowest BCUT2D eigenvalue weighted by Crippen LogP contribution is -2.56. The van der Waals surface area contributed by atoms with E-state index in [9.17, 15) is 0 Å². The third kappa shape index (κ3) is 2.60. The summed E-state index contributed by atoms with van der Waals surface area (Å²) in [4.78, 5) is 0. The van der Waals surface area contributed by atoms with Gasteiger partial charge in [-0.1, -0.05) is 6.58 Å². The molecule has 15 heavy (non-hydrogen) atoms. The number of nitrogens with zero attached hydrogens (tertiary/aromatic N) is 1. The molecule has 0 aromatic rings. The smallest absolute Gasteiger partial charge is 0.113 e. The van der Waals surface area contributed by atoms with Gasteiger partial charge in [0.2, 0.25) is 0 Å². The van der Waals surface area contributed by atoms with Crippen molar-refractivity contribution in [3.63, 3.8) is 0 Å². The number of likely N-dealkylation sites (tertiary alicyclic amines) is 1. The molecule has 0 aromatic heterocycles. The summed E-state index contributed by atoms with van der Waals surface area (Å²) in [7, 11) is 5.85. The van der Waals surface area contributed by atoms with Crippen molar-refractivity contribution in [2.75, 3.05) is 41.0 Å². The summed E-state index contributed by atoms with van der Waals surface area (Å²) in [5.41, 5.74) is 0. The van der Waals surface area contributed by atoms with Crippen LogP contribution in [0, 0.1) is 0 Å². The fourth-order valence-corrected chi connectivity index (χ4v) is 2.74. The van der Waals surface area contributed by atoms with Crippen LogP contribution in [0.5, 0.6) is 0 Å². The Kier molecular flexibility index (Phi) is 4.77. The maximum Gasteiger partial charge on any atom is 0.113 e. The largest absolute Gasteiger partial charge is 0.379 e. The standard InChI is InChI=1S/C12H24NO2/c1-5-8-13(2)11(9-14-3)6-7-12(13)10-15-4/h5,11-12H,1,6-10H2,2-4H3/q+1/t11-,12-/m0/s1. The van der Waals surface area contributed by atoms with Gasteiger partial charge in [-0.25, -0.2) is 0 Å². The molecule has 0 aromatic carbocycles. The van der Waals surface area contributed by atoms with E-state index in [1.54, 1.807) is 14.2 Å². The monoisotopic (exact) mass is 214 g/mol. The first kappa shape index (κ1) is 12.7. The molecule has 88 valence electrons. The molecule has 1 heterocycles. The van der Waals surface area contributed by atoms with Gasteiger partial charge in [-0.2, -0.15) is 0 Å². The highest BCUT2D eigenvalue weighted by atomic mass is 16.5. The van der Waals surface area contributed by atoms with E-state index in [4.69, 9.17) is 9.47 Å². The molecule has 0 unspecified atom stereocenters. The second kappa shape index (κ2) is 5.64. The number of hydrogen-bond donors (Lipinski definition) is 0. The van der Waals surface area contributed by atoms with Gasteiger partial charge in [0.1, 0.15) is 12.1 Å². The van der Waals surface area contributed by atoms with Crippen LogP contribution in [-0.2, 0) is 9.47 Å². The lowest BCUT2D eigenvalue weighted by Gasteiger charge is -2.40. The molecular weight excluding hydrogens is 190 g/mol. The first-order chi connectivity index (χ1) is 7.19. The van der Waals surface area contributed by atoms with Crippen LogP contribution in [0.3, 0.4) is 0 Å². The van der Waals surface area contributed by atoms with Crippen molar-refractivity contribution in [2.24, 2.45) is 0 Å². The number of quaternary nitrogens is 1. The zero-order valence-electron chi connectivity index (χ0n) is 10.2. The third-order valence-corrected chi connectivity index (χ3v) is 3.74. The summed E-state index contributed by atoms with van der Waals surface area (Å²) in [6.07, 6.45) is 4.47. The molecule has 1 rings (SSSR count). The van der Waals surface area contributed by atoms with E-state index in [2.05, 4.69) is 13.6 Å². The van der Waals surface area contributed by atoms with Crippen LogP contribution in [0.1, 0.15) is 12.8 Å². The quantitative estimate of drug-likeness (QED) is 0.492. The molecule has 0 bridgehead atoms. The van der Waals surface area contributed by atoms with E-state index in [0.717, 1.165) is 24.2 Å². The molecule has 3 heteroatoms. The van der Waals surface area contributed by atoms with Gasteiger partial charge in [0.25, 0.3) is 0 Å². The molecule has 1 saturated heterocycles. The predicted octanol–water partition coefficient (Wildman–Crippen LogP) is 1.44. The van der Waals surface area contributed by atoms with E-state index < -0.39 is 0 Å². The number of ether oxygens (including phenoxy) is 2.